The Morgan fingerprint density at radius 1 is 1.17 bits per heavy atom. The lowest BCUT2D eigenvalue weighted by atomic mass is 10.2. The van der Waals surface area contributed by atoms with Gasteiger partial charge in [-0.05, 0) is 18.2 Å². The van der Waals surface area contributed by atoms with E-state index in [0.717, 1.165) is 22.2 Å². The fraction of sp³-hybridized carbons (Fsp3) is 0.0714. The number of aliphatic hydroxyl groups excluding tert-OH is 1. The fourth-order valence-corrected chi connectivity index (χ4v) is 2.20. The molecule has 3 rings (SSSR count). The molecule has 0 saturated carbocycles. The van der Waals surface area contributed by atoms with Crippen molar-refractivity contribution in [2.24, 2.45) is 0 Å². The topological polar surface area (TPSA) is 38.0 Å². The van der Waals surface area contributed by atoms with Gasteiger partial charge in [0.25, 0.3) is 0 Å². The summed E-state index contributed by atoms with van der Waals surface area (Å²) in [7, 11) is 0. The molecule has 0 fully saturated rings. The highest BCUT2D eigenvalue weighted by Gasteiger charge is 2.09. The summed E-state index contributed by atoms with van der Waals surface area (Å²) >= 11 is 6.02. The zero-order valence-corrected chi connectivity index (χ0v) is 10.3. The lowest BCUT2D eigenvalue weighted by Crippen LogP contribution is -2.01. The summed E-state index contributed by atoms with van der Waals surface area (Å²) in [5.41, 5.74) is 2.61. The molecule has 0 amide bonds. The van der Waals surface area contributed by atoms with Gasteiger partial charge in [0.05, 0.1) is 24.0 Å². The summed E-state index contributed by atoms with van der Waals surface area (Å²) < 4.78 is 1.80. The number of aliphatic hydroxyl groups is 1. The van der Waals surface area contributed by atoms with Crippen LogP contribution in [0.3, 0.4) is 0 Å². The standard InChI is InChI=1S/C14H11ClN2O/c15-12-6-5-11(9-18)14(7-12)17-13-4-2-1-3-10(13)8-16-17/h1-8,18H,9H2. The first-order valence-corrected chi connectivity index (χ1v) is 6.00. The van der Waals surface area contributed by atoms with Gasteiger partial charge in [-0.15, -0.1) is 0 Å². The molecule has 18 heavy (non-hydrogen) atoms. The molecule has 4 heteroatoms. The first-order chi connectivity index (χ1) is 8.79. The van der Waals surface area contributed by atoms with E-state index in [1.165, 1.54) is 0 Å². The molecule has 0 bridgehead atoms. The summed E-state index contributed by atoms with van der Waals surface area (Å²) in [5, 5.41) is 15.4. The number of benzene rings is 2. The number of para-hydroxylation sites is 1. The molecule has 0 unspecified atom stereocenters. The Morgan fingerprint density at radius 3 is 2.83 bits per heavy atom. The zero-order valence-electron chi connectivity index (χ0n) is 9.55. The van der Waals surface area contributed by atoms with Gasteiger partial charge in [0.1, 0.15) is 0 Å². The van der Waals surface area contributed by atoms with E-state index in [1.807, 2.05) is 36.4 Å². The molecule has 3 nitrogen and oxygen atoms in total. The molecule has 1 aromatic heterocycles. The molecule has 0 aliphatic rings. The number of aromatic nitrogens is 2. The van der Waals surface area contributed by atoms with Crippen molar-refractivity contribution in [3.05, 3.63) is 59.2 Å². The van der Waals surface area contributed by atoms with E-state index in [9.17, 15) is 5.11 Å². The van der Waals surface area contributed by atoms with Gasteiger partial charge in [0.15, 0.2) is 0 Å². The van der Waals surface area contributed by atoms with E-state index in [-0.39, 0.29) is 6.61 Å². The van der Waals surface area contributed by atoms with E-state index in [0.29, 0.717) is 5.02 Å². The normalized spacial score (nSPS) is 11.0. The van der Waals surface area contributed by atoms with Crippen LogP contribution in [0.15, 0.2) is 48.7 Å². The molecule has 0 aliphatic carbocycles. The second kappa shape index (κ2) is 4.44. The van der Waals surface area contributed by atoms with Gasteiger partial charge in [-0.25, -0.2) is 4.68 Å². The van der Waals surface area contributed by atoms with Crippen molar-refractivity contribution < 1.29 is 5.11 Å². The van der Waals surface area contributed by atoms with E-state index >= 15 is 0 Å². The van der Waals surface area contributed by atoms with Crippen LogP contribution in [-0.2, 0) is 6.61 Å². The van der Waals surface area contributed by atoms with Crippen LogP contribution in [0.4, 0.5) is 0 Å². The predicted octanol–water partition coefficient (Wildman–Crippen LogP) is 3.17. The minimum atomic E-state index is -0.0410. The van der Waals surface area contributed by atoms with Gasteiger partial charge < -0.3 is 5.11 Å². The molecule has 3 aromatic rings. The van der Waals surface area contributed by atoms with E-state index in [1.54, 1.807) is 16.9 Å². The smallest absolute Gasteiger partial charge is 0.0741 e. The number of fused-ring (bicyclic) bond motifs is 1. The number of hydrogen-bond acceptors (Lipinski definition) is 2. The third kappa shape index (κ3) is 1.78. The Morgan fingerprint density at radius 2 is 2.00 bits per heavy atom. The summed E-state index contributed by atoms with van der Waals surface area (Å²) in [6, 6.07) is 13.3. The first-order valence-electron chi connectivity index (χ1n) is 5.62. The van der Waals surface area contributed by atoms with Crippen LogP contribution in [0.25, 0.3) is 16.6 Å². The molecule has 0 aliphatic heterocycles. The summed E-state index contributed by atoms with van der Waals surface area (Å²) in [6.07, 6.45) is 1.80. The molecule has 0 atom stereocenters. The number of nitrogens with zero attached hydrogens (tertiary/aromatic N) is 2. The minimum Gasteiger partial charge on any atom is -0.392 e. The maximum atomic E-state index is 9.40. The van der Waals surface area contributed by atoms with Crippen molar-refractivity contribution in [2.75, 3.05) is 0 Å². The SMILES string of the molecule is OCc1ccc(Cl)cc1-n1ncc2ccccc21. The monoisotopic (exact) mass is 258 g/mol. The van der Waals surface area contributed by atoms with Crippen LogP contribution in [0, 0.1) is 0 Å². The van der Waals surface area contributed by atoms with Crippen molar-refractivity contribution >= 4 is 22.5 Å². The van der Waals surface area contributed by atoms with Gasteiger partial charge >= 0.3 is 0 Å². The second-order valence-corrected chi connectivity index (χ2v) is 4.48. The largest absolute Gasteiger partial charge is 0.392 e. The number of hydrogen-bond donors (Lipinski definition) is 1. The van der Waals surface area contributed by atoms with Crippen LogP contribution in [0.1, 0.15) is 5.56 Å². The van der Waals surface area contributed by atoms with Gasteiger partial charge in [-0.2, -0.15) is 5.10 Å². The van der Waals surface area contributed by atoms with Gasteiger partial charge in [-0.3, -0.25) is 0 Å². The van der Waals surface area contributed by atoms with Crippen LogP contribution in [0.5, 0.6) is 0 Å². The number of halogens is 1. The Labute approximate surface area is 109 Å². The molecule has 90 valence electrons. The lowest BCUT2D eigenvalue weighted by molar-refractivity contribution is 0.281. The molecule has 1 N–H and O–H groups in total. The van der Waals surface area contributed by atoms with Crippen molar-refractivity contribution in [2.45, 2.75) is 6.61 Å². The molecule has 1 heterocycles. The van der Waals surface area contributed by atoms with E-state index in [2.05, 4.69) is 5.10 Å². The zero-order chi connectivity index (χ0) is 12.5. The second-order valence-electron chi connectivity index (χ2n) is 4.05. The van der Waals surface area contributed by atoms with Crippen LogP contribution < -0.4 is 0 Å². The maximum absolute atomic E-state index is 9.40. The Hall–Kier alpha value is -1.84. The molecule has 2 aromatic carbocycles. The van der Waals surface area contributed by atoms with Crippen molar-refractivity contribution in [1.29, 1.82) is 0 Å². The molecular weight excluding hydrogens is 248 g/mol. The highest BCUT2D eigenvalue weighted by molar-refractivity contribution is 6.30. The molecule has 0 saturated heterocycles. The van der Waals surface area contributed by atoms with Crippen LogP contribution in [-0.4, -0.2) is 14.9 Å². The maximum Gasteiger partial charge on any atom is 0.0741 e. The van der Waals surface area contributed by atoms with Crippen molar-refractivity contribution in [1.82, 2.24) is 9.78 Å². The van der Waals surface area contributed by atoms with Crippen molar-refractivity contribution in [3.8, 4) is 5.69 Å². The lowest BCUT2D eigenvalue weighted by Gasteiger charge is -2.09. The third-order valence-electron chi connectivity index (χ3n) is 2.92. The minimum absolute atomic E-state index is 0.0410. The summed E-state index contributed by atoms with van der Waals surface area (Å²) in [6.45, 7) is -0.0410. The quantitative estimate of drug-likeness (QED) is 0.767. The van der Waals surface area contributed by atoms with Gasteiger partial charge in [-0.1, -0.05) is 35.9 Å². The van der Waals surface area contributed by atoms with Gasteiger partial charge in [0, 0.05) is 16.0 Å². The van der Waals surface area contributed by atoms with Gasteiger partial charge in [0.2, 0.25) is 0 Å². The highest BCUT2D eigenvalue weighted by Crippen LogP contribution is 2.23. The van der Waals surface area contributed by atoms with Crippen LogP contribution >= 0.6 is 11.6 Å². The van der Waals surface area contributed by atoms with Crippen molar-refractivity contribution in [3.63, 3.8) is 0 Å². The summed E-state index contributed by atoms with van der Waals surface area (Å²) in [5.74, 6) is 0. The first kappa shape index (κ1) is 11.3. The van der Waals surface area contributed by atoms with E-state index < -0.39 is 0 Å². The average Bonchev–Trinajstić information content (AvgIpc) is 2.82. The molecule has 0 spiro atoms. The molecular formula is C14H11ClN2O. The highest BCUT2D eigenvalue weighted by atomic mass is 35.5. The van der Waals surface area contributed by atoms with Crippen LogP contribution in [0.2, 0.25) is 5.02 Å². The fourth-order valence-electron chi connectivity index (χ4n) is 2.03. The van der Waals surface area contributed by atoms with E-state index in [4.69, 9.17) is 11.6 Å². The number of rotatable bonds is 2. The Kier molecular flexibility index (Phi) is 2.78. The average molecular weight is 259 g/mol. The third-order valence-corrected chi connectivity index (χ3v) is 3.16. The predicted molar refractivity (Wildman–Crippen MR) is 72.0 cm³/mol. The summed E-state index contributed by atoms with van der Waals surface area (Å²) in [4.78, 5) is 0. The Balaban J connectivity index is 2.29. The Bertz CT molecular complexity index is 706. The molecule has 0 radical (unpaired) electrons.